The van der Waals surface area contributed by atoms with E-state index in [1.807, 2.05) is 27.7 Å². The summed E-state index contributed by atoms with van der Waals surface area (Å²) >= 11 is 0. The van der Waals surface area contributed by atoms with Gasteiger partial charge in [0.1, 0.15) is 5.82 Å². The van der Waals surface area contributed by atoms with Gasteiger partial charge in [0.2, 0.25) is 40.7 Å². The lowest BCUT2D eigenvalue weighted by molar-refractivity contribution is -0.133. The summed E-state index contributed by atoms with van der Waals surface area (Å²) in [6, 6.07) is 0.400. The molecular weight excluding hydrogens is 468 g/mol. The van der Waals surface area contributed by atoms with Crippen LogP contribution in [0.5, 0.6) is 11.5 Å². The summed E-state index contributed by atoms with van der Waals surface area (Å²) in [7, 11) is 0. The second kappa shape index (κ2) is 14.8. The molecule has 12 heteroatoms. The van der Waals surface area contributed by atoms with Gasteiger partial charge in [-0.1, -0.05) is 27.7 Å². The fourth-order valence-corrected chi connectivity index (χ4v) is 1.75. The first-order valence-corrected chi connectivity index (χ1v) is 9.31. The van der Waals surface area contributed by atoms with E-state index in [0.717, 1.165) is 13.8 Å². The maximum Gasteiger partial charge on any atom is 0.308 e. The largest absolute Gasteiger partial charge is 0.423 e. The molecule has 0 aliphatic heterocycles. The van der Waals surface area contributed by atoms with Crippen LogP contribution in [-0.4, -0.2) is 11.9 Å². The Labute approximate surface area is 185 Å². The minimum Gasteiger partial charge on any atom is -0.423 e. The molecule has 2 rings (SSSR count). The van der Waals surface area contributed by atoms with Gasteiger partial charge in [-0.3, -0.25) is 9.59 Å². The molecule has 0 aromatic heterocycles. The molecule has 0 radical (unpaired) electrons. The third-order valence-electron chi connectivity index (χ3n) is 3.02. The van der Waals surface area contributed by atoms with Crippen LogP contribution in [0.1, 0.15) is 47.1 Å². The van der Waals surface area contributed by atoms with Crippen molar-refractivity contribution in [1.29, 1.82) is 0 Å². The number of hydrogen-bond donors (Lipinski definition) is 0. The molecule has 0 atom stereocenters. The molecule has 186 valence electrons. The fraction of sp³-hybridized carbons (Fsp3) is 0.333. The molecule has 0 heterocycles. The first-order chi connectivity index (χ1) is 15.3. The number of hydrogen-bond acceptors (Lipinski definition) is 4. The predicted molar refractivity (Wildman–Crippen MR) is 103 cm³/mol. The number of ether oxygens (including phenoxy) is 2. The number of carbonyl (C=O) groups is 2. The zero-order valence-electron chi connectivity index (χ0n) is 18.7. The van der Waals surface area contributed by atoms with E-state index in [-0.39, 0.29) is 5.56 Å². The minimum absolute atomic E-state index is 0.237. The second-order valence-electron chi connectivity index (χ2n) is 5.19. The SMILES string of the molecule is CC.CC.CC(=O)Oc1c(C)c(F)cc(F)c1F.CC(=O)Oc1c(F)c(F)c(F)c(F)c1F. The van der Waals surface area contributed by atoms with Crippen LogP contribution in [0, 0.1) is 53.5 Å². The number of rotatable bonds is 2. The predicted octanol–water partition coefficient (Wildman–Crippen LogP) is 6.70. The molecule has 33 heavy (non-hydrogen) atoms. The molecule has 0 amide bonds. The Morgan fingerprint density at radius 2 is 0.909 bits per heavy atom. The van der Waals surface area contributed by atoms with Crippen molar-refractivity contribution in [1.82, 2.24) is 0 Å². The van der Waals surface area contributed by atoms with Gasteiger partial charge in [0, 0.05) is 25.5 Å². The molecule has 2 aromatic carbocycles. The van der Waals surface area contributed by atoms with Crippen molar-refractivity contribution < 1.29 is 54.2 Å². The molecule has 0 aliphatic carbocycles. The second-order valence-corrected chi connectivity index (χ2v) is 5.19. The van der Waals surface area contributed by atoms with Gasteiger partial charge in [0.15, 0.2) is 11.6 Å². The molecule has 0 saturated heterocycles. The maximum atomic E-state index is 13.0. The maximum absolute atomic E-state index is 13.0. The van der Waals surface area contributed by atoms with Crippen LogP contribution in [0.4, 0.5) is 35.1 Å². The number of carbonyl (C=O) groups excluding carboxylic acids is 2. The Morgan fingerprint density at radius 3 is 1.27 bits per heavy atom. The first kappa shape index (κ1) is 32.0. The van der Waals surface area contributed by atoms with E-state index in [1.54, 1.807) is 0 Å². The average molecular weight is 490 g/mol. The van der Waals surface area contributed by atoms with Crippen molar-refractivity contribution in [2.75, 3.05) is 0 Å². The Hall–Kier alpha value is -3.18. The van der Waals surface area contributed by atoms with Crippen molar-refractivity contribution in [2.24, 2.45) is 0 Å². The minimum atomic E-state index is -2.30. The molecule has 2 aromatic rings. The van der Waals surface area contributed by atoms with E-state index in [4.69, 9.17) is 0 Å². The van der Waals surface area contributed by atoms with Crippen molar-refractivity contribution in [3.8, 4) is 11.5 Å². The van der Waals surface area contributed by atoms with Gasteiger partial charge < -0.3 is 9.47 Å². The summed E-state index contributed by atoms with van der Waals surface area (Å²) in [4.78, 5) is 20.8. The molecule has 0 saturated carbocycles. The van der Waals surface area contributed by atoms with Gasteiger partial charge in [-0.15, -0.1) is 0 Å². The van der Waals surface area contributed by atoms with Gasteiger partial charge in [-0.25, -0.2) is 22.0 Å². The van der Waals surface area contributed by atoms with Crippen LogP contribution in [0.3, 0.4) is 0 Å². The highest BCUT2D eigenvalue weighted by Gasteiger charge is 2.27. The van der Waals surface area contributed by atoms with Crippen LogP contribution < -0.4 is 9.47 Å². The van der Waals surface area contributed by atoms with Crippen molar-refractivity contribution in [3.63, 3.8) is 0 Å². The fourth-order valence-electron chi connectivity index (χ4n) is 1.75. The first-order valence-electron chi connectivity index (χ1n) is 9.31. The van der Waals surface area contributed by atoms with E-state index in [9.17, 15) is 44.7 Å². The van der Waals surface area contributed by atoms with Crippen molar-refractivity contribution in [3.05, 3.63) is 58.2 Å². The Balaban J connectivity index is 0. The van der Waals surface area contributed by atoms with E-state index in [1.165, 1.54) is 6.92 Å². The summed E-state index contributed by atoms with van der Waals surface area (Å²) < 4.78 is 110. The molecule has 0 N–H and O–H groups in total. The highest BCUT2D eigenvalue weighted by Crippen LogP contribution is 2.29. The van der Waals surface area contributed by atoms with Gasteiger partial charge in [-0.05, 0) is 6.92 Å². The standard InChI is InChI=1S/C9H7F3O2.C8H3F5O2.2C2H6/c1-4-6(10)3-7(11)8(12)9(4)14-5(2)13;1-2(14)15-8-6(12)4(10)3(9)5(11)7(8)13;2*1-2/h3H,1-2H3;1H3;2*1-2H3. The monoisotopic (exact) mass is 490 g/mol. The zero-order valence-corrected chi connectivity index (χ0v) is 18.7. The summed E-state index contributed by atoms with van der Waals surface area (Å²) in [6.07, 6.45) is 0. The van der Waals surface area contributed by atoms with Crippen LogP contribution >= 0.6 is 0 Å². The van der Waals surface area contributed by atoms with E-state index in [2.05, 4.69) is 9.47 Å². The van der Waals surface area contributed by atoms with Crippen molar-refractivity contribution >= 4 is 11.9 Å². The topological polar surface area (TPSA) is 52.6 Å². The van der Waals surface area contributed by atoms with Crippen LogP contribution in [0.2, 0.25) is 0 Å². The summed E-state index contributed by atoms with van der Waals surface area (Å²) in [6.45, 7) is 11.0. The summed E-state index contributed by atoms with van der Waals surface area (Å²) in [5.74, 6) is -19.0. The summed E-state index contributed by atoms with van der Waals surface area (Å²) in [5, 5.41) is 0. The van der Waals surface area contributed by atoms with Gasteiger partial charge >= 0.3 is 11.9 Å². The smallest absolute Gasteiger partial charge is 0.308 e. The molecule has 4 nitrogen and oxygen atoms in total. The third-order valence-corrected chi connectivity index (χ3v) is 3.02. The van der Waals surface area contributed by atoms with Crippen LogP contribution in [0.25, 0.3) is 0 Å². The quantitative estimate of drug-likeness (QED) is 0.155. The van der Waals surface area contributed by atoms with E-state index >= 15 is 0 Å². The van der Waals surface area contributed by atoms with Crippen LogP contribution in [-0.2, 0) is 9.59 Å². The Bertz CT molecular complexity index is 922. The average Bonchev–Trinajstić information content (AvgIpc) is 2.78. The highest BCUT2D eigenvalue weighted by atomic mass is 19.2. The molecule has 0 fully saturated rings. The van der Waals surface area contributed by atoms with Gasteiger partial charge in [0.25, 0.3) is 0 Å². The van der Waals surface area contributed by atoms with Crippen LogP contribution in [0.15, 0.2) is 6.07 Å². The molecule has 0 bridgehead atoms. The van der Waals surface area contributed by atoms with Gasteiger partial charge in [-0.2, -0.15) is 13.2 Å². The number of halogens is 8. The Kier molecular flexibility index (Phi) is 14.4. The van der Waals surface area contributed by atoms with Gasteiger partial charge in [0.05, 0.1) is 0 Å². The van der Waals surface area contributed by atoms with E-state index in [0.29, 0.717) is 6.07 Å². The zero-order chi connectivity index (χ0) is 26.6. The molecule has 0 spiro atoms. The number of esters is 2. The lowest BCUT2D eigenvalue weighted by atomic mass is 10.2. The molecular formula is C21H22F8O4. The molecule has 0 unspecified atom stereocenters. The van der Waals surface area contributed by atoms with Crippen molar-refractivity contribution in [2.45, 2.75) is 48.5 Å². The lowest BCUT2D eigenvalue weighted by Gasteiger charge is -2.07. The number of benzene rings is 2. The normalized spacial score (nSPS) is 9.30. The summed E-state index contributed by atoms with van der Waals surface area (Å²) in [5.41, 5.74) is -0.237. The highest BCUT2D eigenvalue weighted by molar-refractivity contribution is 5.70. The Morgan fingerprint density at radius 1 is 0.576 bits per heavy atom. The van der Waals surface area contributed by atoms with E-state index < -0.39 is 70.0 Å². The third kappa shape index (κ3) is 8.70. The molecule has 0 aliphatic rings. The lowest BCUT2D eigenvalue weighted by Crippen LogP contribution is -2.10.